The van der Waals surface area contributed by atoms with Crippen molar-refractivity contribution < 1.29 is 4.79 Å². The monoisotopic (exact) mass is 432 g/mol. The van der Waals surface area contributed by atoms with Crippen LogP contribution in [0.5, 0.6) is 0 Å². The van der Waals surface area contributed by atoms with Crippen molar-refractivity contribution in [3.63, 3.8) is 0 Å². The lowest BCUT2D eigenvalue weighted by atomic mass is 10.0. The van der Waals surface area contributed by atoms with Crippen LogP contribution in [0.1, 0.15) is 30.5 Å². The van der Waals surface area contributed by atoms with E-state index in [1.807, 2.05) is 49.6 Å². The average Bonchev–Trinajstić information content (AvgIpc) is 3.35. The standard InChI is InChI=1S/C22H20N6O2S/c1-4-17(20(29)26-19-15(9-23)10-25-27(19)3)28-12-24-21-18(22(28)30)16(11-31-21)14-7-5-13(2)6-8-14/h5-8,10-12,17H,4H2,1-3H3,(H,26,29). The predicted molar refractivity (Wildman–Crippen MR) is 120 cm³/mol. The van der Waals surface area contributed by atoms with Crippen LogP contribution in [0.2, 0.25) is 0 Å². The van der Waals surface area contributed by atoms with E-state index in [1.54, 1.807) is 7.05 Å². The summed E-state index contributed by atoms with van der Waals surface area (Å²) in [5.74, 6) is -0.109. The molecule has 3 aromatic heterocycles. The number of hydrogen-bond donors (Lipinski definition) is 1. The fourth-order valence-electron chi connectivity index (χ4n) is 3.49. The third-order valence-corrected chi connectivity index (χ3v) is 6.09. The maximum Gasteiger partial charge on any atom is 0.263 e. The Bertz CT molecular complexity index is 1370. The number of carbonyl (C=O) groups excluding carboxylic acids is 1. The van der Waals surface area contributed by atoms with Crippen LogP contribution in [0.15, 0.2) is 47.0 Å². The number of anilines is 1. The first-order chi connectivity index (χ1) is 14.9. The molecule has 1 aromatic carbocycles. The van der Waals surface area contributed by atoms with Gasteiger partial charge in [0.15, 0.2) is 0 Å². The number of aryl methyl sites for hydroxylation is 2. The quantitative estimate of drug-likeness (QED) is 0.518. The van der Waals surface area contributed by atoms with Gasteiger partial charge in [-0.2, -0.15) is 10.4 Å². The van der Waals surface area contributed by atoms with Gasteiger partial charge in [-0.15, -0.1) is 11.3 Å². The molecule has 1 unspecified atom stereocenters. The second-order valence-electron chi connectivity index (χ2n) is 7.21. The van der Waals surface area contributed by atoms with E-state index in [-0.39, 0.29) is 11.1 Å². The second kappa shape index (κ2) is 8.16. The lowest BCUT2D eigenvalue weighted by Crippen LogP contribution is -2.33. The molecule has 31 heavy (non-hydrogen) atoms. The van der Waals surface area contributed by atoms with Gasteiger partial charge in [0, 0.05) is 18.0 Å². The summed E-state index contributed by atoms with van der Waals surface area (Å²) >= 11 is 1.40. The molecule has 0 bridgehead atoms. The van der Waals surface area contributed by atoms with Crippen LogP contribution < -0.4 is 10.9 Å². The van der Waals surface area contributed by atoms with Crippen molar-refractivity contribution in [2.24, 2.45) is 7.05 Å². The summed E-state index contributed by atoms with van der Waals surface area (Å²) in [6.45, 7) is 3.83. The minimum absolute atomic E-state index is 0.256. The number of carbonyl (C=O) groups is 1. The van der Waals surface area contributed by atoms with Crippen molar-refractivity contribution in [2.75, 3.05) is 5.32 Å². The van der Waals surface area contributed by atoms with Gasteiger partial charge in [-0.3, -0.25) is 18.8 Å². The van der Waals surface area contributed by atoms with E-state index in [2.05, 4.69) is 15.4 Å². The number of hydrogen-bond acceptors (Lipinski definition) is 6. The Balaban J connectivity index is 1.76. The van der Waals surface area contributed by atoms with Crippen LogP contribution in [0, 0.1) is 18.3 Å². The van der Waals surface area contributed by atoms with E-state index in [0.29, 0.717) is 22.5 Å². The van der Waals surface area contributed by atoms with E-state index in [0.717, 1.165) is 16.7 Å². The number of rotatable bonds is 5. The molecule has 0 spiro atoms. The predicted octanol–water partition coefficient (Wildman–Crippen LogP) is 3.63. The van der Waals surface area contributed by atoms with Gasteiger partial charge in [0.1, 0.15) is 28.3 Å². The average molecular weight is 433 g/mol. The molecule has 1 amide bonds. The largest absolute Gasteiger partial charge is 0.308 e. The molecule has 0 aliphatic carbocycles. The molecular formula is C22H20N6O2S. The van der Waals surface area contributed by atoms with Gasteiger partial charge in [0.05, 0.1) is 17.9 Å². The molecule has 8 nitrogen and oxygen atoms in total. The molecule has 4 aromatic rings. The van der Waals surface area contributed by atoms with Gasteiger partial charge in [0.2, 0.25) is 5.91 Å². The maximum atomic E-state index is 13.4. The first-order valence-corrected chi connectivity index (χ1v) is 10.6. The molecular weight excluding hydrogens is 412 g/mol. The highest BCUT2D eigenvalue weighted by Gasteiger charge is 2.24. The Morgan fingerprint density at radius 2 is 2.06 bits per heavy atom. The highest BCUT2D eigenvalue weighted by atomic mass is 32.1. The molecule has 0 saturated carbocycles. The number of fused-ring (bicyclic) bond motifs is 1. The van der Waals surface area contributed by atoms with Crippen molar-refractivity contribution in [3.05, 3.63) is 63.7 Å². The normalized spacial score (nSPS) is 11.9. The van der Waals surface area contributed by atoms with Crippen LogP contribution in [0.4, 0.5) is 5.82 Å². The lowest BCUT2D eigenvalue weighted by Gasteiger charge is -2.18. The Labute approximate surface area is 182 Å². The van der Waals surface area contributed by atoms with E-state index in [1.165, 1.54) is 33.1 Å². The molecule has 0 saturated heterocycles. The van der Waals surface area contributed by atoms with Crippen LogP contribution in [-0.4, -0.2) is 25.2 Å². The zero-order valence-corrected chi connectivity index (χ0v) is 18.1. The Hall–Kier alpha value is -3.77. The fraction of sp³-hybridized carbons (Fsp3) is 0.227. The molecule has 0 aliphatic heterocycles. The summed E-state index contributed by atoms with van der Waals surface area (Å²) in [6.07, 6.45) is 3.18. The van der Waals surface area contributed by atoms with Gasteiger partial charge in [-0.25, -0.2) is 4.98 Å². The van der Waals surface area contributed by atoms with Crippen molar-refractivity contribution in [1.29, 1.82) is 5.26 Å². The number of thiophene rings is 1. The Morgan fingerprint density at radius 3 is 2.74 bits per heavy atom. The molecule has 0 radical (unpaired) electrons. The molecule has 3 heterocycles. The number of nitrogens with zero attached hydrogens (tertiary/aromatic N) is 5. The maximum absolute atomic E-state index is 13.4. The number of aromatic nitrogens is 4. The summed E-state index contributed by atoms with van der Waals surface area (Å²) in [5, 5.41) is 18.4. The summed E-state index contributed by atoms with van der Waals surface area (Å²) in [7, 11) is 1.64. The van der Waals surface area contributed by atoms with Gasteiger partial charge in [-0.05, 0) is 18.9 Å². The van der Waals surface area contributed by atoms with Crippen molar-refractivity contribution in [1.82, 2.24) is 19.3 Å². The van der Waals surface area contributed by atoms with Gasteiger partial charge in [0.25, 0.3) is 5.56 Å². The number of nitrogens with one attached hydrogen (secondary N) is 1. The van der Waals surface area contributed by atoms with E-state index < -0.39 is 11.9 Å². The van der Waals surface area contributed by atoms with Crippen LogP contribution >= 0.6 is 11.3 Å². The van der Waals surface area contributed by atoms with Crippen molar-refractivity contribution >= 4 is 33.3 Å². The molecule has 4 rings (SSSR count). The summed E-state index contributed by atoms with van der Waals surface area (Å²) < 4.78 is 2.78. The summed E-state index contributed by atoms with van der Waals surface area (Å²) in [4.78, 5) is 31.5. The fourth-order valence-corrected chi connectivity index (χ4v) is 4.40. The summed E-state index contributed by atoms with van der Waals surface area (Å²) in [6, 6.07) is 9.17. The number of benzene rings is 1. The molecule has 0 aliphatic rings. The van der Waals surface area contributed by atoms with Crippen LogP contribution in [-0.2, 0) is 11.8 Å². The van der Waals surface area contributed by atoms with Gasteiger partial charge in [-0.1, -0.05) is 36.8 Å². The number of nitriles is 1. The summed E-state index contributed by atoms with van der Waals surface area (Å²) in [5.41, 5.74) is 2.86. The van der Waals surface area contributed by atoms with Gasteiger partial charge < -0.3 is 5.32 Å². The zero-order valence-electron chi connectivity index (χ0n) is 17.3. The minimum Gasteiger partial charge on any atom is -0.308 e. The highest BCUT2D eigenvalue weighted by Crippen LogP contribution is 2.31. The zero-order chi connectivity index (χ0) is 22.1. The van der Waals surface area contributed by atoms with Crippen molar-refractivity contribution in [2.45, 2.75) is 26.3 Å². The van der Waals surface area contributed by atoms with Crippen LogP contribution in [0.25, 0.3) is 21.3 Å². The minimum atomic E-state index is -0.781. The first kappa shape index (κ1) is 20.5. The molecule has 1 N–H and O–H groups in total. The lowest BCUT2D eigenvalue weighted by molar-refractivity contribution is -0.119. The van der Waals surface area contributed by atoms with Crippen LogP contribution in [0.3, 0.4) is 0 Å². The van der Waals surface area contributed by atoms with Gasteiger partial charge >= 0.3 is 0 Å². The Kier molecular flexibility index (Phi) is 5.40. The first-order valence-electron chi connectivity index (χ1n) is 9.73. The number of amides is 1. The van der Waals surface area contributed by atoms with E-state index in [4.69, 9.17) is 0 Å². The topological polar surface area (TPSA) is 106 Å². The smallest absolute Gasteiger partial charge is 0.263 e. The van der Waals surface area contributed by atoms with E-state index in [9.17, 15) is 14.9 Å². The molecule has 156 valence electrons. The third kappa shape index (κ3) is 3.62. The SMILES string of the molecule is CCC(C(=O)Nc1c(C#N)cnn1C)n1cnc2scc(-c3ccc(C)cc3)c2c1=O. The molecule has 9 heteroatoms. The second-order valence-corrected chi connectivity index (χ2v) is 8.07. The molecule has 1 atom stereocenters. The van der Waals surface area contributed by atoms with Crippen molar-refractivity contribution in [3.8, 4) is 17.2 Å². The third-order valence-electron chi connectivity index (χ3n) is 5.21. The Morgan fingerprint density at radius 1 is 1.32 bits per heavy atom. The molecule has 0 fully saturated rings. The highest BCUT2D eigenvalue weighted by molar-refractivity contribution is 7.17. The van der Waals surface area contributed by atoms with E-state index >= 15 is 0 Å².